The fourth-order valence-electron chi connectivity index (χ4n) is 1.80. The minimum absolute atomic E-state index is 0.326. The van der Waals surface area contributed by atoms with Crippen molar-refractivity contribution in [3.8, 4) is 5.75 Å². The summed E-state index contributed by atoms with van der Waals surface area (Å²) in [6, 6.07) is 6.17. The summed E-state index contributed by atoms with van der Waals surface area (Å²) in [6.45, 7) is 4.17. The molecule has 1 saturated heterocycles. The largest absolute Gasteiger partial charge is 0.489 e. The Kier molecular flexibility index (Phi) is 3.65. The second-order valence-corrected chi connectivity index (χ2v) is 4.91. The van der Waals surface area contributed by atoms with Crippen molar-refractivity contribution in [1.82, 2.24) is 5.32 Å². The van der Waals surface area contributed by atoms with Gasteiger partial charge < -0.3 is 10.1 Å². The van der Waals surface area contributed by atoms with Gasteiger partial charge in [0.05, 0.1) is 0 Å². The van der Waals surface area contributed by atoms with Gasteiger partial charge in [-0.2, -0.15) is 0 Å². The first kappa shape index (κ1) is 11.0. The summed E-state index contributed by atoms with van der Waals surface area (Å²) in [6.07, 6.45) is 2.68. The van der Waals surface area contributed by atoms with E-state index in [1.54, 1.807) is 0 Å². The van der Waals surface area contributed by atoms with Gasteiger partial charge >= 0.3 is 0 Å². The molecule has 0 aliphatic carbocycles. The van der Waals surface area contributed by atoms with E-state index in [0.29, 0.717) is 6.10 Å². The molecule has 0 aromatic heterocycles. The number of piperidine rings is 1. The van der Waals surface area contributed by atoms with Crippen LogP contribution in [-0.4, -0.2) is 19.2 Å². The fraction of sp³-hybridized carbons (Fsp3) is 0.500. The highest BCUT2D eigenvalue weighted by Gasteiger charge is 2.15. The molecule has 0 bridgehead atoms. The van der Waals surface area contributed by atoms with Crippen molar-refractivity contribution in [2.24, 2.45) is 0 Å². The Balaban J connectivity index is 2.05. The summed E-state index contributed by atoms with van der Waals surface area (Å²) in [4.78, 5) is 0. The number of nitrogens with one attached hydrogen (secondary N) is 1. The summed E-state index contributed by atoms with van der Waals surface area (Å²) < 4.78 is 7.05. The number of benzene rings is 1. The zero-order chi connectivity index (χ0) is 10.7. The van der Waals surface area contributed by atoms with Crippen LogP contribution < -0.4 is 10.1 Å². The number of hydrogen-bond donors (Lipinski definition) is 1. The fourth-order valence-corrected chi connectivity index (χ4v) is 2.14. The van der Waals surface area contributed by atoms with Gasteiger partial charge in [-0.15, -0.1) is 0 Å². The Bertz CT molecular complexity index is 334. The molecule has 15 heavy (non-hydrogen) atoms. The monoisotopic (exact) mass is 269 g/mol. The van der Waals surface area contributed by atoms with E-state index in [9.17, 15) is 0 Å². The summed E-state index contributed by atoms with van der Waals surface area (Å²) in [5, 5.41) is 3.35. The summed E-state index contributed by atoms with van der Waals surface area (Å²) in [5.74, 6) is 0.998. The van der Waals surface area contributed by atoms with Crippen molar-refractivity contribution < 1.29 is 4.74 Å². The molecule has 1 aromatic rings. The van der Waals surface area contributed by atoms with Gasteiger partial charge in [-0.1, -0.05) is 22.0 Å². The van der Waals surface area contributed by atoms with Crippen molar-refractivity contribution in [1.29, 1.82) is 0 Å². The standard InChI is InChI=1S/C12H16BrNO/c1-9-4-5-10(13)7-12(9)15-11-3-2-6-14-8-11/h4-5,7,11,14H,2-3,6,8H2,1H3. The highest BCUT2D eigenvalue weighted by Crippen LogP contribution is 2.24. The van der Waals surface area contributed by atoms with Gasteiger partial charge in [0.25, 0.3) is 0 Å². The van der Waals surface area contributed by atoms with Crippen LogP contribution in [0.1, 0.15) is 18.4 Å². The molecular formula is C12H16BrNO. The summed E-state index contributed by atoms with van der Waals surface area (Å²) >= 11 is 3.47. The van der Waals surface area contributed by atoms with E-state index in [1.807, 2.05) is 12.1 Å². The lowest BCUT2D eigenvalue weighted by molar-refractivity contribution is 0.166. The first-order chi connectivity index (χ1) is 7.25. The van der Waals surface area contributed by atoms with Crippen molar-refractivity contribution >= 4 is 15.9 Å². The Hall–Kier alpha value is -0.540. The average molecular weight is 270 g/mol. The van der Waals surface area contributed by atoms with Crippen LogP contribution in [0.5, 0.6) is 5.75 Å². The van der Waals surface area contributed by atoms with Crippen molar-refractivity contribution in [2.75, 3.05) is 13.1 Å². The lowest BCUT2D eigenvalue weighted by atomic mass is 10.1. The smallest absolute Gasteiger partial charge is 0.123 e. The third-order valence-corrected chi connectivity index (χ3v) is 3.19. The molecule has 1 aliphatic rings. The molecule has 1 unspecified atom stereocenters. The second kappa shape index (κ2) is 4.99. The number of hydrogen-bond acceptors (Lipinski definition) is 2. The minimum atomic E-state index is 0.326. The molecule has 0 saturated carbocycles. The molecule has 1 N–H and O–H groups in total. The molecule has 1 aliphatic heterocycles. The van der Waals surface area contributed by atoms with E-state index in [1.165, 1.54) is 12.0 Å². The quantitative estimate of drug-likeness (QED) is 0.892. The van der Waals surface area contributed by atoms with Gasteiger partial charge in [-0.05, 0) is 44.0 Å². The topological polar surface area (TPSA) is 21.3 Å². The molecule has 3 heteroatoms. The highest BCUT2D eigenvalue weighted by molar-refractivity contribution is 9.10. The Morgan fingerprint density at radius 2 is 2.33 bits per heavy atom. The van der Waals surface area contributed by atoms with Crippen LogP contribution >= 0.6 is 15.9 Å². The highest BCUT2D eigenvalue weighted by atomic mass is 79.9. The molecular weight excluding hydrogens is 254 g/mol. The second-order valence-electron chi connectivity index (χ2n) is 4.00. The maximum Gasteiger partial charge on any atom is 0.123 e. The zero-order valence-corrected chi connectivity index (χ0v) is 10.5. The van der Waals surface area contributed by atoms with Crippen LogP contribution in [0.25, 0.3) is 0 Å². The van der Waals surface area contributed by atoms with E-state index < -0.39 is 0 Å². The van der Waals surface area contributed by atoms with Crippen LogP contribution in [0, 0.1) is 6.92 Å². The molecule has 0 radical (unpaired) electrons. The van der Waals surface area contributed by atoms with Gasteiger partial charge in [-0.3, -0.25) is 0 Å². The van der Waals surface area contributed by atoms with Gasteiger partial charge in [-0.25, -0.2) is 0 Å². The minimum Gasteiger partial charge on any atom is -0.489 e. The molecule has 1 fully saturated rings. The Labute approximate surface area is 99.1 Å². The maximum absolute atomic E-state index is 5.97. The predicted octanol–water partition coefficient (Wildman–Crippen LogP) is 2.89. The van der Waals surface area contributed by atoms with Gasteiger partial charge in [0.2, 0.25) is 0 Å². The molecule has 2 rings (SSSR count). The van der Waals surface area contributed by atoms with E-state index in [0.717, 1.165) is 29.7 Å². The van der Waals surface area contributed by atoms with Crippen molar-refractivity contribution in [2.45, 2.75) is 25.9 Å². The number of rotatable bonds is 2. The molecule has 1 heterocycles. The van der Waals surface area contributed by atoms with Crippen LogP contribution in [-0.2, 0) is 0 Å². The van der Waals surface area contributed by atoms with Crippen molar-refractivity contribution in [3.05, 3.63) is 28.2 Å². The predicted molar refractivity (Wildman–Crippen MR) is 65.4 cm³/mol. The van der Waals surface area contributed by atoms with E-state index in [-0.39, 0.29) is 0 Å². The van der Waals surface area contributed by atoms with Crippen LogP contribution in [0.2, 0.25) is 0 Å². The van der Waals surface area contributed by atoms with E-state index >= 15 is 0 Å². The summed E-state index contributed by atoms with van der Waals surface area (Å²) in [5.41, 5.74) is 1.20. The third-order valence-electron chi connectivity index (χ3n) is 2.70. The molecule has 1 atom stereocenters. The lowest BCUT2D eigenvalue weighted by Gasteiger charge is -2.24. The summed E-state index contributed by atoms with van der Waals surface area (Å²) in [7, 11) is 0. The molecule has 2 nitrogen and oxygen atoms in total. The number of ether oxygens (including phenoxy) is 1. The SMILES string of the molecule is Cc1ccc(Br)cc1OC1CCCNC1. The van der Waals surface area contributed by atoms with Crippen LogP contribution in [0.4, 0.5) is 0 Å². The van der Waals surface area contributed by atoms with Gasteiger partial charge in [0, 0.05) is 11.0 Å². The maximum atomic E-state index is 5.97. The van der Waals surface area contributed by atoms with Crippen molar-refractivity contribution in [3.63, 3.8) is 0 Å². The molecule has 0 amide bonds. The average Bonchev–Trinajstić information content (AvgIpc) is 2.25. The van der Waals surface area contributed by atoms with E-state index in [4.69, 9.17) is 4.74 Å². The normalized spacial score (nSPS) is 21.3. The van der Waals surface area contributed by atoms with Gasteiger partial charge in [0.1, 0.15) is 11.9 Å². The number of halogens is 1. The van der Waals surface area contributed by atoms with E-state index in [2.05, 4.69) is 34.2 Å². The first-order valence-electron chi connectivity index (χ1n) is 5.39. The zero-order valence-electron chi connectivity index (χ0n) is 8.92. The van der Waals surface area contributed by atoms with Crippen LogP contribution in [0.15, 0.2) is 22.7 Å². The van der Waals surface area contributed by atoms with Crippen LogP contribution in [0.3, 0.4) is 0 Å². The van der Waals surface area contributed by atoms with Gasteiger partial charge in [0.15, 0.2) is 0 Å². The third kappa shape index (κ3) is 2.95. The first-order valence-corrected chi connectivity index (χ1v) is 6.18. The number of aryl methyl sites for hydroxylation is 1. The lowest BCUT2D eigenvalue weighted by Crippen LogP contribution is -2.37. The molecule has 82 valence electrons. The Morgan fingerprint density at radius 1 is 1.47 bits per heavy atom. The molecule has 1 aromatic carbocycles. The molecule has 0 spiro atoms. The Morgan fingerprint density at radius 3 is 3.07 bits per heavy atom.